The summed E-state index contributed by atoms with van der Waals surface area (Å²) in [7, 11) is 1.59. The zero-order valence-corrected chi connectivity index (χ0v) is 15.6. The summed E-state index contributed by atoms with van der Waals surface area (Å²) in [6, 6.07) is 9.41. The van der Waals surface area contributed by atoms with Crippen LogP contribution in [-0.4, -0.2) is 51.8 Å². The second kappa shape index (κ2) is 8.15. The van der Waals surface area contributed by atoms with Gasteiger partial charge in [-0.1, -0.05) is 30.0 Å². The summed E-state index contributed by atoms with van der Waals surface area (Å²) in [5.41, 5.74) is 0.497. The number of hydrogen-bond donors (Lipinski definition) is 1. The predicted molar refractivity (Wildman–Crippen MR) is 96.0 cm³/mol. The smallest absolute Gasteiger partial charge is 0.277 e. The Balaban J connectivity index is 1.84. The number of hydrogen-bond acceptors (Lipinski definition) is 6. The van der Waals surface area contributed by atoms with Gasteiger partial charge < -0.3 is 14.6 Å². The molecule has 8 heteroatoms. The van der Waals surface area contributed by atoms with Gasteiger partial charge in [-0.05, 0) is 32.9 Å². The number of likely N-dealkylation sites (N-methyl/N-ethyl adjacent to an activating group) is 1. The number of rotatable bonds is 6. The molecule has 25 heavy (non-hydrogen) atoms. The molecule has 0 aliphatic rings. The van der Waals surface area contributed by atoms with Crippen LogP contribution in [0.2, 0.25) is 0 Å². The minimum Gasteiger partial charge on any atom is -0.411 e. The first kappa shape index (κ1) is 19.0. The highest BCUT2D eigenvalue weighted by Gasteiger charge is 2.18. The Morgan fingerprint density at radius 2 is 1.88 bits per heavy atom. The number of nitrogens with zero attached hydrogens (tertiary/aromatic N) is 3. The Kier molecular flexibility index (Phi) is 6.19. The maximum atomic E-state index is 12.1. The lowest BCUT2D eigenvalue weighted by Gasteiger charge is -2.23. The van der Waals surface area contributed by atoms with E-state index in [0.717, 1.165) is 17.3 Å². The van der Waals surface area contributed by atoms with E-state index < -0.39 is 0 Å². The first-order valence-corrected chi connectivity index (χ1v) is 8.80. The molecule has 7 nitrogen and oxygen atoms in total. The fourth-order valence-electron chi connectivity index (χ4n) is 1.96. The molecule has 0 atom stereocenters. The van der Waals surface area contributed by atoms with E-state index >= 15 is 0 Å². The Labute approximate surface area is 151 Å². The summed E-state index contributed by atoms with van der Waals surface area (Å²) in [6.45, 7) is 5.68. The predicted octanol–water partition coefficient (Wildman–Crippen LogP) is 2.20. The van der Waals surface area contributed by atoms with Crippen molar-refractivity contribution in [1.29, 1.82) is 0 Å². The molecule has 1 N–H and O–H groups in total. The van der Waals surface area contributed by atoms with Gasteiger partial charge in [-0.15, -0.1) is 10.2 Å². The number of carbonyl (C=O) groups is 2. The first-order valence-electron chi connectivity index (χ1n) is 7.81. The van der Waals surface area contributed by atoms with Crippen LogP contribution in [0.25, 0.3) is 11.5 Å². The van der Waals surface area contributed by atoms with Crippen molar-refractivity contribution in [3.05, 3.63) is 30.3 Å². The fourth-order valence-corrected chi connectivity index (χ4v) is 2.66. The highest BCUT2D eigenvalue weighted by atomic mass is 32.2. The molecule has 0 spiro atoms. The average Bonchev–Trinajstić information content (AvgIpc) is 3.00. The van der Waals surface area contributed by atoms with E-state index in [1.165, 1.54) is 4.90 Å². The summed E-state index contributed by atoms with van der Waals surface area (Å²) in [5, 5.41) is 11.0. The summed E-state index contributed by atoms with van der Waals surface area (Å²) in [6.07, 6.45) is 0. The fraction of sp³-hybridized carbons (Fsp3) is 0.412. The van der Waals surface area contributed by atoms with Crippen molar-refractivity contribution in [2.24, 2.45) is 0 Å². The van der Waals surface area contributed by atoms with Crippen molar-refractivity contribution >= 4 is 23.6 Å². The van der Waals surface area contributed by atoms with Gasteiger partial charge in [0.1, 0.15) is 0 Å². The summed E-state index contributed by atoms with van der Waals surface area (Å²) in [4.78, 5) is 25.4. The van der Waals surface area contributed by atoms with Crippen molar-refractivity contribution < 1.29 is 14.0 Å². The monoisotopic (exact) mass is 362 g/mol. The number of amides is 2. The van der Waals surface area contributed by atoms with Gasteiger partial charge in [-0.3, -0.25) is 9.59 Å². The van der Waals surface area contributed by atoms with Crippen LogP contribution in [0.1, 0.15) is 20.8 Å². The molecule has 2 amide bonds. The molecule has 0 aliphatic carbocycles. The normalized spacial score (nSPS) is 11.2. The molecule has 0 saturated heterocycles. The second-order valence-corrected chi connectivity index (χ2v) is 7.50. The lowest BCUT2D eigenvalue weighted by molar-refractivity contribution is -0.133. The Morgan fingerprint density at radius 3 is 2.52 bits per heavy atom. The van der Waals surface area contributed by atoms with Crippen LogP contribution in [0, 0.1) is 0 Å². The van der Waals surface area contributed by atoms with Crippen molar-refractivity contribution in [2.45, 2.75) is 31.5 Å². The van der Waals surface area contributed by atoms with Gasteiger partial charge in [0, 0.05) is 18.2 Å². The largest absolute Gasteiger partial charge is 0.411 e. The molecule has 0 aliphatic heterocycles. The lowest BCUT2D eigenvalue weighted by Crippen LogP contribution is -2.46. The maximum absolute atomic E-state index is 12.1. The van der Waals surface area contributed by atoms with Crippen LogP contribution in [0.15, 0.2) is 40.0 Å². The van der Waals surface area contributed by atoms with Crippen molar-refractivity contribution in [3.63, 3.8) is 0 Å². The highest BCUT2D eigenvalue weighted by molar-refractivity contribution is 7.99. The molecule has 0 bridgehead atoms. The van der Waals surface area contributed by atoms with E-state index in [-0.39, 0.29) is 29.7 Å². The summed E-state index contributed by atoms with van der Waals surface area (Å²) in [5.74, 6) is 0.148. The van der Waals surface area contributed by atoms with Gasteiger partial charge in [-0.25, -0.2) is 0 Å². The van der Waals surface area contributed by atoms with E-state index in [1.54, 1.807) is 7.05 Å². The highest BCUT2D eigenvalue weighted by Crippen LogP contribution is 2.22. The minimum absolute atomic E-state index is 0.00968. The Morgan fingerprint density at radius 1 is 1.20 bits per heavy atom. The third-order valence-corrected chi connectivity index (χ3v) is 3.87. The summed E-state index contributed by atoms with van der Waals surface area (Å²) >= 11 is 1.15. The van der Waals surface area contributed by atoms with Crippen LogP contribution in [0.3, 0.4) is 0 Å². The second-order valence-electron chi connectivity index (χ2n) is 6.58. The van der Waals surface area contributed by atoms with E-state index in [1.807, 2.05) is 51.1 Å². The number of aromatic nitrogens is 2. The zero-order valence-electron chi connectivity index (χ0n) is 14.8. The van der Waals surface area contributed by atoms with Crippen LogP contribution in [0.5, 0.6) is 0 Å². The molecule has 2 rings (SSSR count). The molecular weight excluding hydrogens is 340 g/mol. The molecule has 0 radical (unpaired) electrons. The SMILES string of the molecule is CN(CC(=O)NC(C)(C)C)C(=O)CSc1nnc(-c2ccccc2)o1. The van der Waals surface area contributed by atoms with Gasteiger partial charge in [-0.2, -0.15) is 0 Å². The van der Waals surface area contributed by atoms with Gasteiger partial charge in [0.15, 0.2) is 0 Å². The van der Waals surface area contributed by atoms with Crippen LogP contribution < -0.4 is 5.32 Å². The van der Waals surface area contributed by atoms with Crippen LogP contribution in [0.4, 0.5) is 0 Å². The molecule has 1 heterocycles. The standard InChI is InChI=1S/C17H22N4O3S/c1-17(2,3)18-13(22)10-21(4)14(23)11-25-16-20-19-15(24-16)12-8-6-5-7-9-12/h5-9H,10-11H2,1-4H3,(H,18,22). The van der Waals surface area contributed by atoms with E-state index in [9.17, 15) is 9.59 Å². The molecule has 0 unspecified atom stereocenters. The van der Waals surface area contributed by atoms with Crippen molar-refractivity contribution in [1.82, 2.24) is 20.4 Å². The Hall–Kier alpha value is -2.35. The van der Waals surface area contributed by atoms with E-state index in [0.29, 0.717) is 11.1 Å². The number of carbonyl (C=O) groups excluding carboxylic acids is 2. The number of thioether (sulfide) groups is 1. The molecule has 1 aromatic heterocycles. The van der Waals surface area contributed by atoms with Crippen LogP contribution >= 0.6 is 11.8 Å². The van der Waals surface area contributed by atoms with Crippen molar-refractivity contribution in [3.8, 4) is 11.5 Å². The third kappa shape index (κ3) is 6.22. The molecule has 0 fully saturated rings. The first-order chi connectivity index (χ1) is 11.7. The quantitative estimate of drug-likeness (QED) is 0.793. The van der Waals surface area contributed by atoms with Gasteiger partial charge >= 0.3 is 0 Å². The minimum atomic E-state index is -0.326. The van der Waals surface area contributed by atoms with E-state index in [2.05, 4.69) is 15.5 Å². The molecule has 134 valence electrons. The van der Waals surface area contributed by atoms with Gasteiger partial charge in [0.2, 0.25) is 17.7 Å². The van der Waals surface area contributed by atoms with Crippen LogP contribution in [-0.2, 0) is 9.59 Å². The van der Waals surface area contributed by atoms with Crippen molar-refractivity contribution in [2.75, 3.05) is 19.3 Å². The molecule has 2 aromatic rings. The van der Waals surface area contributed by atoms with Gasteiger partial charge in [0.05, 0.1) is 12.3 Å². The molecule has 1 aromatic carbocycles. The van der Waals surface area contributed by atoms with Gasteiger partial charge in [0.25, 0.3) is 5.22 Å². The third-order valence-electron chi connectivity index (χ3n) is 3.07. The van der Waals surface area contributed by atoms with E-state index in [4.69, 9.17) is 4.42 Å². The lowest BCUT2D eigenvalue weighted by atomic mass is 10.1. The Bertz CT molecular complexity index is 725. The molecular formula is C17H22N4O3S. The topological polar surface area (TPSA) is 88.3 Å². The number of benzene rings is 1. The zero-order chi connectivity index (χ0) is 18.4. The molecule has 0 saturated carbocycles. The summed E-state index contributed by atoms with van der Waals surface area (Å²) < 4.78 is 5.54. The maximum Gasteiger partial charge on any atom is 0.277 e. The average molecular weight is 362 g/mol. The number of nitrogens with one attached hydrogen (secondary N) is 1.